The summed E-state index contributed by atoms with van der Waals surface area (Å²) in [5.41, 5.74) is 2.58. The Labute approximate surface area is 224 Å². The second kappa shape index (κ2) is 13.4. The lowest BCUT2D eigenvalue weighted by Gasteiger charge is -2.31. The van der Waals surface area contributed by atoms with E-state index in [2.05, 4.69) is 0 Å². The second-order valence-corrected chi connectivity index (χ2v) is 9.34. The van der Waals surface area contributed by atoms with E-state index in [9.17, 15) is 14.4 Å². The largest absolute Gasteiger partial charge is 0.484 e. The quantitative estimate of drug-likeness (QED) is 0.369. The Morgan fingerprint density at radius 2 is 1.58 bits per heavy atom. The van der Waals surface area contributed by atoms with Crippen LogP contribution in [-0.2, 0) is 32.1 Å². The molecule has 38 heavy (non-hydrogen) atoms. The van der Waals surface area contributed by atoms with E-state index >= 15 is 0 Å². The van der Waals surface area contributed by atoms with Crippen LogP contribution in [0.5, 0.6) is 5.75 Å². The molecule has 4 rings (SSSR count). The van der Waals surface area contributed by atoms with Crippen molar-refractivity contribution in [3.63, 3.8) is 0 Å². The Balaban J connectivity index is 1.42. The lowest BCUT2D eigenvalue weighted by atomic mass is 9.97. The van der Waals surface area contributed by atoms with Crippen LogP contribution in [0.4, 0.5) is 5.69 Å². The van der Waals surface area contributed by atoms with Gasteiger partial charge in [0.1, 0.15) is 5.75 Å². The van der Waals surface area contributed by atoms with E-state index in [0.29, 0.717) is 32.0 Å². The van der Waals surface area contributed by atoms with Crippen LogP contribution in [0, 0.1) is 5.92 Å². The van der Waals surface area contributed by atoms with Crippen molar-refractivity contribution in [3.05, 3.63) is 96.1 Å². The number of hydrogen-bond donors (Lipinski definition) is 0. The van der Waals surface area contributed by atoms with Gasteiger partial charge in [-0.15, -0.1) is 0 Å². The van der Waals surface area contributed by atoms with Crippen LogP contribution in [0.15, 0.2) is 84.9 Å². The van der Waals surface area contributed by atoms with Crippen LogP contribution in [0.2, 0.25) is 0 Å². The maximum atomic E-state index is 13.2. The van der Waals surface area contributed by atoms with Crippen molar-refractivity contribution < 1.29 is 23.9 Å². The molecule has 1 aliphatic heterocycles. The minimum absolute atomic E-state index is 0.0137. The molecule has 0 spiro atoms. The van der Waals surface area contributed by atoms with Crippen molar-refractivity contribution >= 4 is 23.5 Å². The number of carbonyl (C=O) groups excluding carboxylic acids is 3. The van der Waals surface area contributed by atoms with E-state index in [1.54, 1.807) is 16.7 Å². The summed E-state index contributed by atoms with van der Waals surface area (Å²) in [6.07, 6.45) is 1.77. The normalized spacial score (nSPS) is 15.0. The zero-order valence-corrected chi connectivity index (χ0v) is 21.8. The van der Waals surface area contributed by atoms with Gasteiger partial charge in [0.25, 0.3) is 5.91 Å². The number of hydrogen-bond acceptors (Lipinski definition) is 5. The van der Waals surface area contributed by atoms with Crippen LogP contribution < -0.4 is 9.64 Å². The third-order valence-corrected chi connectivity index (χ3v) is 6.59. The molecule has 0 aromatic heterocycles. The third-order valence-electron chi connectivity index (χ3n) is 6.59. The van der Waals surface area contributed by atoms with E-state index in [1.807, 2.05) is 84.9 Å². The summed E-state index contributed by atoms with van der Waals surface area (Å²) in [6.45, 7) is 3.49. The standard InChI is InChI=1S/C31H34N2O5/c1-2-37-31(36)26-12-9-19-32(22-26)29(34)20-24-15-17-27(18-16-24)33(21-25-10-5-3-6-11-25)30(35)23-38-28-13-7-4-8-14-28/h3-8,10-11,13-18,26H,2,9,12,19-23H2,1H3. The van der Waals surface area contributed by atoms with Gasteiger partial charge in [0, 0.05) is 18.8 Å². The predicted octanol–water partition coefficient (Wildman–Crippen LogP) is 4.64. The van der Waals surface area contributed by atoms with Gasteiger partial charge in [0.05, 0.1) is 25.5 Å². The molecule has 1 heterocycles. The molecule has 1 unspecified atom stereocenters. The highest BCUT2D eigenvalue weighted by atomic mass is 16.5. The van der Waals surface area contributed by atoms with Gasteiger partial charge in [0.15, 0.2) is 6.61 Å². The van der Waals surface area contributed by atoms with Crippen molar-refractivity contribution in [2.75, 3.05) is 31.2 Å². The number of piperidine rings is 1. The first kappa shape index (κ1) is 26.9. The highest BCUT2D eigenvalue weighted by Gasteiger charge is 2.29. The zero-order chi connectivity index (χ0) is 26.7. The second-order valence-electron chi connectivity index (χ2n) is 9.34. The van der Waals surface area contributed by atoms with Gasteiger partial charge in [-0.1, -0.05) is 60.7 Å². The Bertz CT molecular complexity index is 1200. The smallest absolute Gasteiger partial charge is 0.310 e. The summed E-state index contributed by atoms with van der Waals surface area (Å²) in [7, 11) is 0. The highest BCUT2D eigenvalue weighted by Crippen LogP contribution is 2.22. The number of amides is 2. The molecule has 3 aromatic carbocycles. The van der Waals surface area contributed by atoms with Crippen molar-refractivity contribution in [3.8, 4) is 5.75 Å². The first-order valence-corrected chi connectivity index (χ1v) is 13.1. The summed E-state index contributed by atoms with van der Waals surface area (Å²) in [5, 5.41) is 0. The SMILES string of the molecule is CCOC(=O)C1CCCN(C(=O)Cc2ccc(N(Cc3ccccc3)C(=O)COc3ccccc3)cc2)C1. The van der Waals surface area contributed by atoms with Gasteiger partial charge in [0.2, 0.25) is 5.91 Å². The minimum Gasteiger partial charge on any atom is -0.484 e. The summed E-state index contributed by atoms with van der Waals surface area (Å²) < 4.78 is 10.9. The lowest BCUT2D eigenvalue weighted by molar-refractivity contribution is -0.151. The average Bonchev–Trinajstić information content (AvgIpc) is 2.96. The molecule has 0 aliphatic carbocycles. The van der Waals surface area contributed by atoms with Crippen molar-refractivity contribution in [2.24, 2.45) is 5.92 Å². The van der Waals surface area contributed by atoms with Crippen molar-refractivity contribution in [2.45, 2.75) is 32.7 Å². The first-order chi connectivity index (χ1) is 18.5. The van der Waals surface area contributed by atoms with E-state index in [1.165, 1.54) is 0 Å². The van der Waals surface area contributed by atoms with E-state index in [0.717, 1.165) is 29.7 Å². The number of anilines is 1. The number of carbonyl (C=O) groups is 3. The Morgan fingerprint density at radius 1 is 0.895 bits per heavy atom. The fourth-order valence-corrected chi connectivity index (χ4v) is 4.57. The van der Waals surface area contributed by atoms with Crippen LogP contribution >= 0.6 is 0 Å². The Kier molecular flexibility index (Phi) is 9.51. The molecule has 1 fully saturated rings. The molecule has 7 heteroatoms. The molecule has 0 bridgehead atoms. The Morgan fingerprint density at radius 3 is 2.26 bits per heavy atom. The number of benzene rings is 3. The van der Waals surface area contributed by atoms with E-state index in [4.69, 9.17) is 9.47 Å². The predicted molar refractivity (Wildman–Crippen MR) is 146 cm³/mol. The summed E-state index contributed by atoms with van der Waals surface area (Å²) in [6, 6.07) is 26.5. The van der Waals surface area contributed by atoms with Gasteiger partial charge in [-0.25, -0.2) is 0 Å². The number of rotatable bonds is 10. The van der Waals surface area contributed by atoms with Gasteiger partial charge in [-0.05, 0) is 55.2 Å². The Hall–Kier alpha value is -4.13. The minimum atomic E-state index is -0.259. The molecular formula is C31H34N2O5. The van der Waals surface area contributed by atoms with E-state index in [-0.39, 0.29) is 36.7 Å². The van der Waals surface area contributed by atoms with Crippen molar-refractivity contribution in [1.29, 1.82) is 0 Å². The molecule has 1 saturated heterocycles. The van der Waals surface area contributed by atoms with Crippen LogP contribution in [0.3, 0.4) is 0 Å². The summed E-state index contributed by atoms with van der Waals surface area (Å²) >= 11 is 0. The van der Waals surface area contributed by atoms with Gasteiger partial charge in [-0.2, -0.15) is 0 Å². The van der Waals surface area contributed by atoms with Gasteiger partial charge < -0.3 is 19.3 Å². The lowest BCUT2D eigenvalue weighted by Crippen LogP contribution is -2.43. The van der Waals surface area contributed by atoms with Gasteiger partial charge in [-0.3, -0.25) is 14.4 Å². The molecule has 1 aliphatic rings. The average molecular weight is 515 g/mol. The number of nitrogens with zero attached hydrogens (tertiary/aromatic N) is 2. The number of likely N-dealkylation sites (tertiary alicyclic amines) is 1. The van der Waals surface area contributed by atoms with Crippen molar-refractivity contribution in [1.82, 2.24) is 4.90 Å². The molecule has 1 atom stereocenters. The fraction of sp³-hybridized carbons (Fsp3) is 0.323. The number of para-hydroxylation sites is 1. The molecule has 7 nitrogen and oxygen atoms in total. The van der Waals surface area contributed by atoms with Crippen LogP contribution in [0.1, 0.15) is 30.9 Å². The molecule has 2 amide bonds. The number of esters is 1. The zero-order valence-electron chi connectivity index (χ0n) is 21.8. The molecular weight excluding hydrogens is 480 g/mol. The van der Waals surface area contributed by atoms with Crippen LogP contribution in [-0.4, -0.2) is 49.0 Å². The third kappa shape index (κ3) is 7.44. The maximum absolute atomic E-state index is 13.2. The fourth-order valence-electron chi connectivity index (χ4n) is 4.57. The van der Waals surface area contributed by atoms with E-state index < -0.39 is 0 Å². The molecule has 198 valence electrons. The first-order valence-electron chi connectivity index (χ1n) is 13.1. The molecule has 3 aromatic rings. The summed E-state index contributed by atoms with van der Waals surface area (Å²) in [4.78, 5) is 41.8. The van der Waals surface area contributed by atoms with Crippen LogP contribution in [0.25, 0.3) is 0 Å². The number of ether oxygens (including phenoxy) is 2. The monoisotopic (exact) mass is 514 g/mol. The topological polar surface area (TPSA) is 76.2 Å². The maximum Gasteiger partial charge on any atom is 0.310 e. The molecule has 0 radical (unpaired) electrons. The highest BCUT2D eigenvalue weighted by molar-refractivity contribution is 5.94. The van der Waals surface area contributed by atoms with Gasteiger partial charge >= 0.3 is 5.97 Å². The summed E-state index contributed by atoms with van der Waals surface area (Å²) in [5.74, 6) is -0.0307. The molecule has 0 saturated carbocycles. The molecule has 0 N–H and O–H groups in total.